The first-order valence-electron chi connectivity index (χ1n) is 8.05. The SMILES string of the molecule is CCOC(=O)C1=Cc2cc(Cl)c(S(=O)(=O)CC(C)C)cc2OC1C(F)(F)F. The number of benzene rings is 1. The quantitative estimate of drug-likeness (QED) is 0.664. The fourth-order valence-electron chi connectivity index (χ4n) is 2.59. The molecule has 5 nitrogen and oxygen atoms in total. The Labute approximate surface area is 160 Å². The summed E-state index contributed by atoms with van der Waals surface area (Å²) < 4.78 is 74.5. The van der Waals surface area contributed by atoms with E-state index in [0.29, 0.717) is 0 Å². The van der Waals surface area contributed by atoms with Crippen LogP contribution in [0.4, 0.5) is 13.2 Å². The molecule has 27 heavy (non-hydrogen) atoms. The van der Waals surface area contributed by atoms with Crippen molar-refractivity contribution in [2.45, 2.75) is 37.9 Å². The molecule has 1 aliphatic heterocycles. The summed E-state index contributed by atoms with van der Waals surface area (Å²) in [7, 11) is -3.82. The molecular weight excluding hydrogens is 409 g/mol. The van der Waals surface area contributed by atoms with E-state index in [1.807, 2.05) is 0 Å². The molecule has 0 saturated heterocycles. The van der Waals surface area contributed by atoms with E-state index < -0.39 is 33.7 Å². The highest BCUT2D eigenvalue weighted by Crippen LogP contribution is 2.41. The first-order valence-corrected chi connectivity index (χ1v) is 10.1. The highest BCUT2D eigenvalue weighted by atomic mass is 35.5. The Balaban J connectivity index is 2.59. The molecule has 1 aromatic rings. The monoisotopic (exact) mass is 426 g/mol. The summed E-state index contributed by atoms with van der Waals surface area (Å²) in [5.41, 5.74) is -0.669. The standard InChI is InChI=1S/C17H18ClF3O5S/c1-4-25-16(22)11-5-10-6-12(18)14(27(23,24)8-9(2)3)7-13(10)26-15(11)17(19,20)21/h5-7,9,15H,4,8H2,1-3H3. The van der Waals surface area contributed by atoms with Gasteiger partial charge in [0.15, 0.2) is 9.84 Å². The first-order chi connectivity index (χ1) is 12.4. The van der Waals surface area contributed by atoms with Crippen LogP contribution in [0.5, 0.6) is 5.75 Å². The van der Waals surface area contributed by atoms with E-state index in [4.69, 9.17) is 16.3 Å². The molecule has 0 aromatic heterocycles. The number of fused-ring (bicyclic) bond motifs is 1. The molecule has 0 fully saturated rings. The number of alkyl halides is 3. The van der Waals surface area contributed by atoms with E-state index in [0.717, 1.165) is 18.2 Å². The van der Waals surface area contributed by atoms with Crippen LogP contribution < -0.4 is 4.74 Å². The van der Waals surface area contributed by atoms with E-state index in [-0.39, 0.29) is 39.5 Å². The topological polar surface area (TPSA) is 69.7 Å². The zero-order valence-electron chi connectivity index (χ0n) is 14.8. The Kier molecular flexibility index (Phi) is 6.16. The first kappa shape index (κ1) is 21.6. The number of esters is 1. The number of carbonyl (C=O) groups excluding carboxylic acids is 1. The molecule has 0 aliphatic carbocycles. The molecule has 10 heteroatoms. The molecule has 1 atom stereocenters. The lowest BCUT2D eigenvalue weighted by atomic mass is 10.0. The molecule has 0 bridgehead atoms. The van der Waals surface area contributed by atoms with Gasteiger partial charge in [-0.2, -0.15) is 13.2 Å². The minimum Gasteiger partial charge on any atom is -0.475 e. The molecule has 1 heterocycles. The van der Waals surface area contributed by atoms with Crippen LogP contribution >= 0.6 is 11.6 Å². The fraction of sp³-hybridized carbons (Fsp3) is 0.471. The van der Waals surface area contributed by atoms with Crippen LogP contribution in [0.15, 0.2) is 22.6 Å². The Morgan fingerprint density at radius 1 is 1.33 bits per heavy atom. The van der Waals surface area contributed by atoms with E-state index in [2.05, 4.69) is 4.74 Å². The second-order valence-electron chi connectivity index (χ2n) is 6.36. The van der Waals surface area contributed by atoms with Gasteiger partial charge in [-0.05, 0) is 25.0 Å². The van der Waals surface area contributed by atoms with Crippen molar-refractivity contribution < 1.29 is 35.9 Å². The van der Waals surface area contributed by atoms with Crippen LogP contribution in [0.1, 0.15) is 26.3 Å². The zero-order chi connectivity index (χ0) is 20.6. The Hall–Kier alpha value is -1.74. The van der Waals surface area contributed by atoms with Gasteiger partial charge in [0.1, 0.15) is 5.75 Å². The number of hydrogen-bond donors (Lipinski definition) is 0. The van der Waals surface area contributed by atoms with E-state index in [1.54, 1.807) is 13.8 Å². The fourth-order valence-corrected chi connectivity index (χ4v) is 4.81. The Morgan fingerprint density at radius 2 is 1.96 bits per heavy atom. The van der Waals surface area contributed by atoms with Gasteiger partial charge in [0.05, 0.1) is 27.9 Å². The van der Waals surface area contributed by atoms with Crippen LogP contribution in [0.25, 0.3) is 6.08 Å². The van der Waals surface area contributed by atoms with Crippen LogP contribution in [0, 0.1) is 5.92 Å². The maximum atomic E-state index is 13.4. The van der Waals surface area contributed by atoms with Gasteiger partial charge >= 0.3 is 12.1 Å². The molecule has 0 radical (unpaired) electrons. The predicted octanol–water partition coefficient (Wildman–Crippen LogP) is 4.04. The predicted molar refractivity (Wildman–Crippen MR) is 93.4 cm³/mol. The van der Waals surface area contributed by atoms with Gasteiger partial charge in [-0.3, -0.25) is 0 Å². The molecule has 150 valence electrons. The minimum atomic E-state index is -4.90. The second kappa shape index (κ2) is 7.71. The van der Waals surface area contributed by atoms with Crippen molar-refractivity contribution in [3.8, 4) is 5.75 Å². The summed E-state index contributed by atoms with van der Waals surface area (Å²) in [5, 5.41) is -0.164. The van der Waals surface area contributed by atoms with Crippen LogP contribution in [0.2, 0.25) is 5.02 Å². The van der Waals surface area contributed by atoms with Crippen LogP contribution in [-0.4, -0.2) is 39.0 Å². The van der Waals surface area contributed by atoms with Crippen molar-refractivity contribution in [1.29, 1.82) is 0 Å². The second-order valence-corrected chi connectivity index (χ2v) is 8.77. The van der Waals surface area contributed by atoms with Gasteiger partial charge in [-0.15, -0.1) is 0 Å². The molecule has 0 N–H and O–H groups in total. The molecule has 2 rings (SSSR count). The lowest BCUT2D eigenvalue weighted by Crippen LogP contribution is -2.40. The van der Waals surface area contributed by atoms with Gasteiger partial charge in [0.25, 0.3) is 0 Å². The van der Waals surface area contributed by atoms with Crippen molar-refractivity contribution in [1.82, 2.24) is 0 Å². The number of carbonyl (C=O) groups is 1. The van der Waals surface area contributed by atoms with Crippen molar-refractivity contribution >= 4 is 33.5 Å². The van der Waals surface area contributed by atoms with Crippen LogP contribution in [-0.2, 0) is 19.4 Å². The van der Waals surface area contributed by atoms with Gasteiger partial charge in [-0.1, -0.05) is 25.4 Å². The molecule has 1 aromatic carbocycles. The lowest BCUT2D eigenvalue weighted by Gasteiger charge is -2.28. The van der Waals surface area contributed by atoms with Gasteiger partial charge in [-0.25, -0.2) is 13.2 Å². The molecular formula is C17H18ClF3O5S. The highest BCUT2D eigenvalue weighted by molar-refractivity contribution is 7.91. The third-order valence-electron chi connectivity index (χ3n) is 3.60. The van der Waals surface area contributed by atoms with Crippen molar-refractivity contribution in [2.24, 2.45) is 5.92 Å². The number of halogens is 4. The average Bonchev–Trinajstić information content (AvgIpc) is 2.51. The minimum absolute atomic E-state index is 0.0621. The summed E-state index contributed by atoms with van der Waals surface area (Å²) in [6.07, 6.45) is -6.50. The Bertz CT molecular complexity index is 875. The summed E-state index contributed by atoms with van der Waals surface area (Å²) >= 11 is 6.04. The van der Waals surface area contributed by atoms with E-state index in [9.17, 15) is 26.4 Å². The lowest BCUT2D eigenvalue weighted by molar-refractivity contribution is -0.187. The third-order valence-corrected chi connectivity index (χ3v) is 6.14. The molecule has 0 amide bonds. The van der Waals surface area contributed by atoms with Crippen molar-refractivity contribution in [3.05, 3.63) is 28.3 Å². The Morgan fingerprint density at radius 3 is 2.48 bits per heavy atom. The average molecular weight is 427 g/mol. The molecule has 0 saturated carbocycles. The maximum absolute atomic E-state index is 13.4. The van der Waals surface area contributed by atoms with Crippen molar-refractivity contribution in [2.75, 3.05) is 12.4 Å². The van der Waals surface area contributed by atoms with Gasteiger partial charge in [0, 0.05) is 11.6 Å². The number of hydrogen-bond acceptors (Lipinski definition) is 5. The molecule has 0 spiro atoms. The van der Waals surface area contributed by atoms with Gasteiger partial charge < -0.3 is 9.47 Å². The van der Waals surface area contributed by atoms with E-state index >= 15 is 0 Å². The number of rotatable bonds is 5. The summed E-state index contributed by atoms with van der Waals surface area (Å²) in [6.45, 7) is 4.73. The summed E-state index contributed by atoms with van der Waals surface area (Å²) in [6, 6.07) is 2.13. The summed E-state index contributed by atoms with van der Waals surface area (Å²) in [4.78, 5) is 11.6. The number of sulfone groups is 1. The largest absolute Gasteiger partial charge is 0.475 e. The smallest absolute Gasteiger partial charge is 0.430 e. The molecule has 1 aliphatic rings. The van der Waals surface area contributed by atoms with Gasteiger partial charge in [0.2, 0.25) is 6.10 Å². The maximum Gasteiger partial charge on any atom is 0.430 e. The number of ether oxygens (including phenoxy) is 2. The van der Waals surface area contributed by atoms with Crippen molar-refractivity contribution in [3.63, 3.8) is 0 Å². The molecule has 1 unspecified atom stereocenters. The third kappa shape index (κ3) is 4.76. The summed E-state index contributed by atoms with van der Waals surface area (Å²) in [5.74, 6) is -1.92. The highest BCUT2D eigenvalue weighted by Gasteiger charge is 2.49. The zero-order valence-corrected chi connectivity index (χ0v) is 16.3. The van der Waals surface area contributed by atoms with E-state index in [1.165, 1.54) is 6.92 Å². The van der Waals surface area contributed by atoms with Crippen LogP contribution in [0.3, 0.4) is 0 Å². The normalized spacial score (nSPS) is 17.2.